The van der Waals surface area contributed by atoms with Gasteiger partial charge in [-0.15, -0.1) is 0 Å². The van der Waals surface area contributed by atoms with E-state index < -0.39 is 15.7 Å². The number of alkyl halides is 1. The molecule has 110 valence electrons. The van der Waals surface area contributed by atoms with Crippen LogP contribution in [0.15, 0.2) is 6.07 Å². The number of fused-ring (bicyclic) bond motifs is 1. The zero-order valence-electron chi connectivity index (χ0n) is 11.3. The highest BCUT2D eigenvalue weighted by Gasteiger charge is 2.48. The third-order valence-electron chi connectivity index (χ3n) is 4.40. The predicted octanol–water partition coefficient (Wildman–Crippen LogP) is 1.41. The lowest BCUT2D eigenvalue weighted by atomic mass is 10.2. The summed E-state index contributed by atoms with van der Waals surface area (Å²) in [6, 6.07) is 2.02. The summed E-state index contributed by atoms with van der Waals surface area (Å²) in [6.07, 6.45) is 3.12. The third kappa shape index (κ3) is 2.26. The van der Waals surface area contributed by atoms with Crippen LogP contribution in [0.4, 0.5) is 4.39 Å². The molecular formula is C13H18FN3O2S. The highest BCUT2D eigenvalue weighted by molar-refractivity contribution is 7.89. The quantitative estimate of drug-likeness (QED) is 0.844. The monoisotopic (exact) mass is 299 g/mol. The number of hydrogen-bond donors (Lipinski definition) is 0. The first kappa shape index (κ1) is 12.8. The average molecular weight is 299 g/mol. The van der Waals surface area contributed by atoms with Gasteiger partial charge in [0.15, 0.2) is 0 Å². The van der Waals surface area contributed by atoms with Gasteiger partial charge in [-0.25, -0.2) is 12.8 Å². The van der Waals surface area contributed by atoms with E-state index >= 15 is 0 Å². The van der Waals surface area contributed by atoms with Crippen LogP contribution in [0.2, 0.25) is 0 Å². The smallest absolute Gasteiger partial charge is 0.217 e. The van der Waals surface area contributed by atoms with Crippen molar-refractivity contribution in [1.82, 2.24) is 14.1 Å². The summed E-state index contributed by atoms with van der Waals surface area (Å²) in [5, 5.41) is 4.54. The summed E-state index contributed by atoms with van der Waals surface area (Å²) >= 11 is 0. The minimum absolute atomic E-state index is 0.331. The SMILES string of the molecule is O=S(=O)(CC1(F)CC1)N1CCn2nc(C3CC3)cc2C1. The molecule has 0 unspecified atom stereocenters. The van der Waals surface area contributed by atoms with Crippen molar-refractivity contribution >= 4 is 10.0 Å². The van der Waals surface area contributed by atoms with Gasteiger partial charge in [0.05, 0.1) is 30.2 Å². The molecule has 4 rings (SSSR count). The number of rotatable bonds is 4. The molecule has 2 heterocycles. The molecule has 0 saturated heterocycles. The molecule has 1 aliphatic heterocycles. The molecule has 0 radical (unpaired) electrons. The molecule has 3 aliphatic rings. The highest BCUT2D eigenvalue weighted by Crippen LogP contribution is 2.42. The zero-order chi connectivity index (χ0) is 14.0. The van der Waals surface area contributed by atoms with Crippen molar-refractivity contribution in [3.8, 4) is 0 Å². The molecule has 5 nitrogen and oxygen atoms in total. The summed E-state index contributed by atoms with van der Waals surface area (Å²) in [7, 11) is -3.50. The van der Waals surface area contributed by atoms with Crippen molar-refractivity contribution < 1.29 is 12.8 Å². The Bertz CT molecular complexity index is 647. The predicted molar refractivity (Wildman–Crippen MR) is 71.5 cm³/mol. The Morgan fingerprint density at radius 2 is 2.10 bits per heavy atom. The fourth-order valence-corrected chi connectivity index (χ4v) is 4.59. The first-order valence-corrected chi connectivity index (χ1v) is 8.80. The molecule has 0 spiro atoms. The minimum Gasteiger partial charge on any atom is -0.267 e. The van der Waals surface area contributed by atoms with E-state index in [4.69, 9.17) is 0 Å². The summed E-state index contributed by atoms with van der Waals surface area (Å²) in [6.45, 7) is 1.30. The van der Waals surface area contributed by atoms with E-state index in [9.17, 15) is 12.8 Å². The van der Waals surface area contributed by atoms with Gasteiger partial charge in [-0.1, -0.05) is 0 Å². The lowest BCUT2D eigenvalue weighted by molar-refractivity contribution is 0.305. The van der Waals surface area contributed by atoms with Crippen LogP contribution >= 0.6 is 0 Å². The number of halogens is 1. The number of aromatic nitrogens is 2. The molecule has 1 aromatic rings. The molecule has 0 atom stereocenters. The Kier molecular flexibility index (Phi) is 2.58. The summed E-state index contributed by atoms with van der Waals surface area (Å²) in [5.74, 6) is 0.211. The van der Waals surface area contributed by atoms with E-state index in [0.717, 1.165) is 11.4 Å². The van der Waals surface area contributed by atoms with E-state index in [1.165, 1.54) is 17.1 Å². The molecule has 0 aromatic carbocycles. The maximum atomic E-state index is 13.7. The Morgan fingerprint density at radius 1 is 1.35 bits per heavy atom. The molecule has 0 amide bonds. The summed E-state index contributed by atoms with van der Waals surface area (Å²) in [4.78, 5) is 0. The molecule has 2 fully saturated rings. The average Bonchev–Trinajstić information content (AvgIpc) is 3.29. The van der Waals surface area contributed by atoms with Gasteiger partial charge in [-0.2, -0.15) is 9.40 Å². The van der Waals surface area contributed by atoms with Gasteiger partial charge in [0.1, 0.15) is 5.67 Å². The van der Waals surface area contributed by atoms with Crippen molar-refractivity contribution in [1.29, 1.82) is 0 Å². The second-order valence-corrected chi connectivity index (χ2v) is 8.27. The highest BCUT2D eigenvalue weighted by atomic mass is 32.2. The van der Waals surface area contributed by atoms with Gasteiger partial charge in [0.25, 0.3) is 0 Å². The van der Waals surface area contributed by atoms with Crippen LogP contribution in [0, 0.1) is 0 Å². The Labute approximate surface area is 117 Å². The summed E-state index contributed by atoms with van der Waals surface area (Å²) < 4.78 is 41.6. The molecular weight excluding hydrogens is 281 g/mol. The lowest BCUT2D eigenvalue weighted by Crippen LogP contribution is -2.41. The maximum absolute atomic E-state index is 13.7. The van der Waals surface area contributed by atoms with Gasteiger partial charge in [0, 0.05) is 12.5 Å². The van der Waals surface area contributed by atoms with E-state index in [2.05, 4.69) is 5.10 Å². The van der Waals surface area contributed by atoms with Crippen LogP contribution in [0.25, 0.3) is 0 Å². The van der Waals surface area contributed by atoms with Gasteiger partial charge in [-0.3, -0.25) is 4.68 Å². The lowest BCUT2D eigenvalue weighted by Gasteiger charge is -2.27. The first-order valence-electron chi connectivity index (χ1n) is 7.19. The largest absolute Gasteiger partial charge is 0.267 e. The number of nitrogens with zero attached hydrogens (tertiary/aromatic N) is 3. The summed E-state index contributed by atoms with van der Waals surface area (Å²) in [5.41, 5.74) is 0.559. The first-order chi connectivity index (χ1) is 9.45. The maximum Gasteiger partial charge on any atom is 0.217 e. The fourth-order valence-electron chi connectivity index (χ4n) is 2.78. The van der Waals surface area contributed by atoms with E-state index in [1.54, 1.807) is 0 Å². The molecule has 2 aliphatic carbocycles. The van der Waals surface area contributed by atoms with Crippen molar-refractivity contribution in [3.63, 3.8) is 0 Å². The van der Waals surface area contributed by atoms with E-state index in [1.807, 2.05) is 10.7 Å². The van der Waals surface area contributed by atoms with Crippen LogP contribution in [0.3, 0.4) is 0 Å². The second-order valence-electron chi connectivity index (χ2n) is 6.30. The van der Waals surface area contributed by atoms with Gasteiger partial charge >= 0.3 is 0 Å². The van der Waals surface area contributed by atoms with Crippen molar-refractivity contribution in [2.75, 3.05) is 12.3 Å². The Balaban J connectivity index is 1.53. The topological polar surface area (TPSA) is 55.2 Å². The van der Waals surface area contributed by atoms with E-state index in [0.29, 0.717) is 38.4 Å². The third-order valence-corrected chi connectivity index (χ3v) is 6.39. The van der Waals surface area contributed by atoms with Crippen molar-refractivity contribution in [2.24, 2.45) is 0 Å². The Hall–Kier alpha value is -0.950. The molecule has 1 aromatic heterocycles. The zero-order valence-corrected chi connectivity index (χ0v) is 12.1. The van der Waals surface area contributed by atoms with Gasteiger partial charge in [0.2, 0.25) is 10.0 Å². The van der Waals surface area contributed by atoms with Crippen LogP contribution in [0.1, 0.15) is 43.0 Å². The molecule has 0 bridgehead atoms. The van der Waals surface area contributed by atoms with Crippen LogP contribution in [0.5, 0.6) is 0 Å². The van der Waals surface area contributed by atoms with Crippen molar-refractivity contribution in [2.45, 2.75) is 50.4 Å². The van der Waals surface area contributed by atoms with Gasteiger partial charge < -0.3 is 0 Å². The number of sulfonamides is 1. The normalized spacial score (nSPS) is 25.4. The Morgan fingerprint density at radius 3 is 2.75 bits per heavy atom. The molecule has 20 heavy (non-hydrogen) atoms. The standard InChI is InChI=1S/C13H18FN3O2S/c14-13(3-4-13)9-20(18,19)16-5-6-17-11(8-16)7-12(15-17)10-1-2-10/h7,10H,1-6,8-9H2. The molecule has 0 N–H and O–H groups in total. The second kappa shape index (κ2) is 4.04. The number of hydrogen-bond acceptors (Lipinski definition) is 3. The van der Waals surface area contributed by atoms with Crippen LogP contribution in [-0.2, 0) is 23.1 Å². The van der Waals surface area contributed by atoms with Crippen LogP contribution < -0.4 is 0 Å². The molecule has 7 heteroatoms. The fraction of sp³-hybridized carbons (Fsp3) is 0.769. The van der Waals surface area contributed by atoms with Gasteiger partial charge in [-0.05, 0) is 31.7 Å². The molecule has 2 saturated carbocycles. The van der Waals surface area contributed by atoms with E-state index in [-0.39, 0.29) is 5.75 Å². The minimum atomic E-state index is -3.50. The van der Waals surface area contributed by atoms with Crippen molar-refractivity contribution in [3.05, 3.63) is 17.5 Å². The van der Waals surface area contributed by atoms with Crippen LogP contribution in [-0.4, -0.2) is 40.5 Å².